The van der Waals surface area contributed by atoms with Gasteiger partial charge in [-0.25, -0.2) is 0 Å². The van der Waals surface area contributed by atoms with Crippen molar-refractivity contribution in [1.82, 2.24) is 4.98 Å². The third kappa shape index (κ3) is 2.55. The highest BCUT2D eigenvalue weighted by Gasteiger charge is 1.99. The molecule has 2 nitrogen and oxygen atoms in total. The van der Waals surface area contributed by atoms with Crippen LogP contribution in [0.5, 0.6) is 5.75 Å². The lowest BCUT2D eigenvalue weighted by Crippen LogP contribution is -1.82. The first-order valence-corrected chi connectivity index (χ1v) is 5.65. The number of rotatable bonds is 2. The maximum Gasteiger partial charge on any atom is 0.122 e. The van der Waals surface area contributed by atoms with E-state index in [1.807, 2.05) is 36.4 Å². The third-order valence-electron chi connectivity index (χ3n) is 2.01. The molecule has 0 radical (unpaired) electrons. The molecule has 2 rings (SSSR count). The van der Waals surface area contributed by atoms with E-state index in [0.29, 0.717) is 0 Å². The molecule has 4 heteroatoms. The first-order valence-electron chi connectivity index (χ1n) is 4.38. The molecule has 0 amide bonds. The zero-order valence-electron chi connectivity index (χ0n) is 7.85. The van der Waals surface area contributed by atoms with E-state index >= 15 is 0 Å². The SMILES string of the molecule is POc1ccc(-c2ccc(Br)cn2)cc1. The number of nitrogens with zero attached hydrogens (tertiary/aromatic N) is 1. The molecule has 1 atom stereocenters. The van der Waals surface area contributed by atoms with Crippen LogP contribution in [0.2, 0.25) is 0 Å². The molecule has 0 aliphatic rings. The Kier molecular flexibility index (Phi) is 3.34. The predicted molar refractivity (Wildman–Crippen MR) is 67.7 cm³/mol. The predicted octanol–water partition coefficient (Wildman–Crippen LogP) is 3.68. The van der Waals surface area contributed by atoms with E-state index in [1.165, 1.54) is 0 Å². The molecule has 1 aromatic heterocycles. The molecule has 1 unspecified atom stereocenters. The van der Waals surface area contributed by atoms with Gasteiger partial charge in [-0.05, 0) is 52.3 Å². The van der Waals surface area contributed by atoms with Crippen LogP contribution in [0, 0.1) is 0 Å². The van der Waals surface area contributed by atoms with Crippen LogP contribution in [0.3, 0.4) is 0 Å². The monoisotopic (exact) mass is 281 g/mol. The van der Waals surface area contributed by atoms with Gasteiger partial charge in [-0.3, -0.25) is 4.98 Å². The van der Waals surface area contributed by atoms with Gasteiger partial charge in [0, 0.05) is 16.2 Å². The molecule has 0 spiro atoms. The Morgan fingerprint density at radius 3 is 2.33 bits per heavy atom. The molecule has 15 heavy (non-hydrogen) atoms. The van der Waals surface area contributed by atoms with E-state index in [1.54, 1.807) is 6.20 Å². The number of hydrogen-bond acceptors (Lipinski definition) is 2. The van der Waals surface area contributed by atoms with Crippen LogP contribution < -0.4 is 4.52 Å². The molecule has 1 heterocycles. The van der Waals surface area contributed by atoms with Gasteiger partial charge in [0.2, 0.25) is 0 Å². The van der Waals surface area contributed by atoms with Crippen LogP contribution in [-0.2, 0) is 0 Å². The van der Waals surface area contributed by atoms with Crippen LogP contribution >= 0.6 is 25.4 Å². The maximum atomic E-state index is 5.01. The van der Waals surface area contributed by atoms with Crippen LogP contribution in [0.1, 0.15) is 0 Å². The first-order chi connectivity index (χ1) is 7.29. The number of hydrogen-bond donors (Lipinski definition) is 0. The molecule has 0 aliphatic carbocycles. The Morgan fingerprint density at radius 2 is 1.80 bits per heavy atom. The average Bonchev–Trinajstić information content (AvgIpc) is 2.30. The minimum absolute atomic E-state index is 0.820. The van der Waals surface area contributed by atoms with Crippen LogP contribution in [-0.4, -0.2) is 4.98 Å². The summed E-state index contributed by atoms with van der Waals surface area (Å²) in [7, 11) is 2.22. The largest absolute Gasteiger partial charge is 0.480 e. The van der Waals surface area contributed by atoms with Gasteiger partial charge < -0.3 is 4.52 Å². The molecule has 0 saturated carbocycles. The summed E-state index contributed by atoms with van der Waals surface area (Å²) in [6.07, 6.45) is 1.79. The van der Waals surface area contributed by atoms with E-state index in [9.17, 15) is 0 Å². The van der Waals surface area contributed by atoms with Gasteiger partial charge in [0.15, 0.2) is 0 Å². The molecule has 0 aliphatic heterocycles. The molecular weight excluding hydrogens is 273 g/mol. The van der Waals surface area contributed by atoms with E-state index in [2.05, 4.69) is 30.4 Å². The summed E-state index contributed by atoms with van der Waals surface area (Å²) in [5.74, 6) is 0.820. The quantitative estimate of drug-likeness (QED) is 0.784. The summed E-state index contributed by atoms with van der Waals surface area (Å²) in [5, 5.41) is 0. The second kappa shape index (κ2) is 4.73. The Balaban J connectivity index is 2.33. The van der Waals surface area contributed by atoms with Gasteiger partial charge in [0.05, 0.1) is 15.2 Å². The lowest BCUT2D eigenvalue weighted by atomic mass is 10.1. The Labute approximate surface area is 99.1 Å². The molecule has 0 fully saturated rings. The van der Waals surface area contributed by atoms with Gasteiger partial charge in [-0.15, -0.1) is 0 Å². The van der Waals surface area contributed by atoms with E-state index in [4.69, 9.17) is 4.52 Å². The number of benzene rings is 1. The summed E-state index contributed by atoms with van der Waals surface area (Å²) < 4.78 is 6.00. The summed E-state index contributed by atoms with van der Waals surface area (Å²) >= 11 is 3.36. The minimum atomic E-state index is 0.820. The third-order valence-corrected chi connectivity index (χ3v) is 2.75. The second-order valence-corrected chi connectivity index (χ2v) is 4.16. The van der Waals surface area contributed by atoms with E-state index < -0.39 is 0 Å². The number of pyridine rings is 1. The molecule has 1 aromatic carbocycles. The molecular formula is C11H9BrNOP. The summed E-state index contributed by atoms with van der Waals surface area (Å²) in [6, 6.07) is 11.7. The topological polar surface area (TPSA) is 22.1 Å². The Bertz CT molecular complexity index is 441. The second-order valence-electron chi connectivity index (χ2n) is 3.00. The highest BCUT2D eigenvalue weighted by molar-refractivity contribution is 9.10. The lowest BCUT2D eigenvalue weighted by molar-refractivity contribution is 0.646. The standard InChI is InChI=1S/C11H9BrNOP/c12-9-3-6-11(13-7-9)8-1-4-10(14-15)5-2-8/h1-7H,15H2. The zero-order valence-corrected chi connectivity index (χ0v) is 10.6. The molecule has 2 aromatic rings. The molecule has 0 N–H and O–H groups in total. The highest BCUT2D eigenvalue weighted by Crippen LogP contribution is 2.22. The van der Waals surface area contributed by atoms with Gasteiger partial charge in [0.25, 0.3) is 0 Å². The number of halogens is 1. The van der Waals surface area contributed by atoms with Gasteiger partial charge in [0.1, 0.15) is 5.75 Å². The van der Waals surface area contributed by atoms with Crippen molar-refractivity contribution in [2.75, 3.05) is 0 Å². The van der Waals surface area contributed by atoms with Crippen LogP contribution in [0.4, 0.5) is 0 Å². The molecule has 0 saturated heterocycles. The van der Waals surface area contributed by atoms with Crippen molar-refractivity contribution in [3.05, 3.63) is 47.1 Å². The Morgan fingerprint density at radius 1 is 1.07 bits per heavy atom. The van der Waals surface area contributed by atoms with Crippen molar-refractivity contribution in [3.63, 3.8) is 0 Å². The zero-order chi connectivity index (χ0) is 10.7. The summed E-state index contributed by atoms with van der Waals surface area (Å²) in [6.45, 7) is 0. The fourth-order valence-corrected chi connectivity index (χ4v) is 1.64. The van der Waals surface area contributed by atoms with Crippen molar-refractivity contribution in [2.24, 2.45) is 0 Å². The van der Waals surface area contributed by atoms with E-state index in [0.717, 1.165) is 21.5 Å². The fraction of sp³-hybridized carbons (Fsp3) is 0. The highest BCUT2D eigenvalue weighted by atomic mass is 79.9. The van der Waals surface area contributed by atoms with Crippen molar-refractivity contribution >= 4 is 25.4 Å². The minimum Gasteiger partial charge on any atom is -0.480 e. The van der Waals surface area contributed by atoms with Crippen molar-refractivity contribution < 1.29 is 4.52 Å². The fourth-order valence-electron chi connectivity index (χ4n) is 1.25. The molecule has 76 valence electrons. The maximum absolute atomic E-state index is 5.01. The van der Waals surface area contributed by atoms with Gasteiger partial charge >= 0.3 is 0 Å². The van der Waals surface area contributed by atoms with Crippen molar-refractivity contribution in [1.29, 1.82) is 0 Å². The average molecular weight is 282 g/mol. The Hall–Kier alpha value is -0.920. The van der Waals surface area contributed by atoms with E-state index in [-0.39, 0.29) is 0 Å². The van der Waals surface area contributed by atoms with Crippen LogP contribution in [0.25, 0.3) is 11.3 Å². The summed E-state index contributed by atoms with van der Waals surface area (Å²) in [4.78, 5) is 4.31. The number of aromatic nitrogens is 1. The smallest absolute Gasteiger partial charge is 0.122 e. The van der Waals surface area contributed by atoms with Crippen molar-refractivity contribution in [2.45, 2.75) is 0 Å². The van der Waals surface area contributed by atoms with Crippen molar-refractivity contribution in [3.8, 4) is 17.0 Å². The van der Waals surface area contributed by atoms with Gasteiger partial charge in [-0.1, -0.05) is 0 Å². The first kappa shape index (κ1) is 10.6. The normalized spacial score (nSPS) is 10.0. The van der Waals surface area contributed by atoms with Crippen LogP contribution in [0.15, 0.2) is 47.1 Å². The molecule has 0 bridgehead atoms. The lowest BCUT2D eigenvalue weighted by Gasteiger charge is -2.02. The van der Waals surface area contributed by atoms with Gasteiger partial charge in [-0.2, -0.15) is 0 Å². The summed E-state index contributed by atoms with van der Waals surface area (Å²) in [5.41, 5.74) is 2.03.